The fourth-order valence-corrected chi connectivity index (χ4v) is 4.73. The Hall–Kier alpha value is -3.50. The van der Waals surface area contributed by atoms with Crippen LogP contribution >= 0.6 is 0 Å². The van der Waals surface area contributed by atoms with E-state index in [2.05, 4.69) is 21.1 Å². The molecule has 8 nitrogen and oxygen atoms in total. The molecular weight excluding hydrogens is 487 g/mol. The Balaban J connectivity index is 1.45. The van der Waals surface area contributed by atoms with Crippen molar-refractivity contribution in [2.45, 2.75) is 57.3 Å². The van der Waals surface area contributed by atoms with Crippen molar-refractivity contribution in [3.8, 4) is 11.4 Å². The van der Waals surface area contributed by atoms with Crippen molar-refractivity contribution >= 4 is 22.9 Å². The number of hydrogen-bond donors (Lipinski definition) is 0. The molecule has 0 radical (unpaired) electrons. The van der Waals surface area contributed by atoms with Crippen molar-refractivity contribution in [3.05, 3.63) is 42.4 Å². The molecule has 3 aromatic rings. The van der Waals surface area contributed by atoms with Gasteiger partial charge >= 0.3 is 12.3 Å². The summed E-state index contributed by atoms with van der Waals surface area (Å²) in [4.78, 5) is 25.3. The van der Waals surface area contributed by atoms with E-state index >= 15 is 0 Å². The number of nitrogens with zero attached hydrogens (tertiary/aromatic N) is 5. The lowest BCUT2D eigenvalue weighted by Gasteiger charge is -2.41. The standard InChI is InChI=1S/C26H30F3N5O3/c1-16-13-32(24(35)37-25(2,3)26(27,28)29)10-11-33(16)22-21-20(17-8-9-17)14-34(23(21)31-15-30-22)18-6-5-7-19(12-18)36-4/h5-7,12,14-17H,8-11,13H2,1-4H3/t16-/m0/s1. The van der Waals surface area contributed by atoms with Gasteiger partial charge in [0.2, 0.25) is 5.60 Å². The minimum absolute atomic E-state index is 0.194. The first kappa shape index (κ1) is 25.2. The third-order valence-corrected chi connectivity index (χ3v) is 7.12. The maximum atomic E-state index is 13.2. The molecule has 1 saturated carbocycles. The van der Waals surface area contributed by atoms with Crippen LogP contribution in [0.3, 0.4) is 0 Å². The molecule has 0 unspecified atom stereocenters. The third-order valence-electron chi connectivity index (χ3n) is 7.12. The summed E-state index contributed by atoms with van der Waals surface area (Å²) in [5.74, 6) is 1.94. The second kappa shape index (κ2) is 9.11. The van der Waals surface area contributed by atoms with Crippen molar-refractivity contribution in [1.82, 2.24) is 19.4 Å². The van der Waals surface area contributed by atoms with E-state index in [0.717, 1.165) is 55.0 Å². The minimum Gasteiger partial charge on any atom is -0.497 e. The van der Waals surface area contributed by atoms with Crippen molar-refractivity contribution < 1.29 is 27.4 Å². The number of ether oxygens (including phenoxy) is 2. The number of carbonyl (C=O) groups excluding carboxylic acids is 1. The third kappa shape index (κ3) is 4.67. The van der Waals surface area contributed by atoms with Gasteiger partial charge in [-0.15, -0.1) is 0 Å². The van der Waals surface area contributed by atoms with Gasteiger partial charge in [-0.3, -0.25) is 0 Å². The molecular formula is C26H30F3N5O3. The van der Waals surface area contributed by atoms with Crippen LogP contribution in [-0.2, 0) is 4.74 Å². The fraction of sp³-hybridized carbons (Fsp3) is 0.500. The zero-order chi connectivity index (χ0) is 26.5. The second-order valence-corrected chi connectivity index (χ2v) is 10.2. The van der Waals surface area contributed by atoms with Crippen LogP contribution in [0.2, 0.25) is 0 Å². The van der Waals surface area contributed by atoms with Crippen LogP contribution in [0.25, 0.3) is 16.7 Å². The highest BCUT2D eigenvalue weighted by molar-refractivity contribution is 5.93. The Labute approximate surface area is 213 Å². The number of hydrogen-bond acceptors (Lipinski definition) is 6. The highest BCUT2D eigenvalue weighted by atomic mass is 19.4. The number of fused-ring (bicyclic) bond motifs is 1. The summed E-state index contributed by atoms with van der Waals surface area (Å²) < 4.78 is 51.9. The van der Waals surface area contributed by atoms with Crippen LogP contribution in [0.1, 0.15) is 45.1 Å². The Kier molecular flexibility index (Phi) is 6.19. The van der Waals surface area contributed by atoms with Crippen molar-refractivity contribution in [2.75, 3.05) is 31.6 Å². The van der Waals surface area contributed by atoms with Crippen LogP contribution in [-0.4, -0.2) is 70.1 Å². The number of aromatic nitrogens is 3. The minimum atomic E-state index is -4.65. The summed E-state index contributed by atoms with van der Waals surface area (Å²) in [7, 11) is 1.63. The van der Waals surface area contributed by atoms with E-state index in [1.54, 1.807) is 7.11 Å². The topological polar surface area (TPSA) is 72.7 Å². The predicted octanol–water partition coefficient (Wildman–Crippen LogP) is 5.29. The number of anilines is 1. The second-order valence-electron chi connectivity index (χ2n) is 10.2. The van der Waals surface area contributed by atoms with Crippen molar-refractivity contribution in [3.63, 3.8) is 0 Å². The first-order chi connectivity index (χ1) is 17.5. The van der Waals surface area contributed by atoms with Gasteiger partial charge < -0.3 is 23.8 Å². The summed E-state index contributed by atoms with van der Waals surface area (Å²) in [6.07, 6.45) is 0.213. The normalized spacial score (nSPS) is 18.8. The van der Waals surface area contributed by atoms with E-state index in [1.807, 2.05) is 35.8 Å². The molecule has 198 valence electrons. The quantitative estimate of drug-likeness (QED) is 0.458. The van der Waals surface area contributed by atoms with Crippen LogP contribution in [0.5, 0.6) is 5.75 Å². The van der Waals surface area contributed by atoms with Gasteiger partial charge in [-0.05, 0) is 57.2 Å². The van der Waals surface area contributed by atoms with Gasteiger partial charge in [-0.1, -0.05) is 6.07 Å². The summed E-state index contributed by atoms with van der Waals surface area (Å²) in [5.41, 5.74) is 0.315. The Morgan fingerprint density at radius 2 is 1.89 bits per heavy atom. The van der Waals surface area contributed by atoms with Crippen molar-refractivity contribution in [2.24, 2.45) is 0 Å². The summed E-state index contributed by atoms with van der Waals surface area (Å²) >= 11 is 0. The molecule has 5 rings (SSSR count). The van der Waals surface area contributed by atoms with Gasteiger partial charge in [0.25, 0.3) is 0 Å². The molecule has 1 atom stereocenters. The fourth-order valence-electron chi connectivity index (χ4n) is 4.73. The Morgan fingerprint density at radius 3 is 2.54 bits per heavy atom. The number of carbonyl (C=O) groups is 1. The van der Waals surface area contributed by atoms with Gasteiger partial charge in [-0.25, -0.2) is 14.8 Å². The van der Waals surface area contributed by atoms with Gasteiger partial charge in [0.05, 0.1) is 18.2 Å². The van der Waals surface area contributed by atoms with Crippen LogP contribution in [0.15, 0.2) is 36.8 Å². The van der Waals surface area contributed by atoms with E-state index < -0.39 is 17.9 Å². The predicted molar refractivity (Wildman–Crippen MR) is 132 cm³/mol. The van der Waals surface area contributed by atoms with E-state index in [0.29, 0.717) is 12.5 Å². The molecule has 1 amide bonds. The first-order valence-corrected chi connectivity index (χ1v) is 12.3. The molecule has 1 aromatic carbocycles. The number of rotatable bonds is 5. The first-order valence-electron chi connectivity index (χ1n) is 12.3. The van der Waals surface area contributed by atoms with E-state index in [1.165, 1.54) is 16.8 Å². The molecule has 37 heavy (non-hydrogen) atoms. The number of halogens is 3. The molecule has 0 N–H and O–H groups in total. The molecule has 2 aromatic heterocycles. The molecule has 1 aliphatic carbocycles. The molecule has 0 bridgehead atoms. The summed E-state index contributed by atoms with van der Waals surface area (Å²) in [5, 5.41) is 0.967. The number of amides is 1. The van der Waals surface area contributed by atoms with Gasteiger partial charge in [0.15, 0.2) is 0 Å². The van der Waals surface area contributed by atoms with E-state index in [-0.39, 0.29) is 19.1 Å². The summed E-state index contributed by atoms with van der Waals surface area (Å²) in [6.45, 7) is 4.48. The maximum Gasteiger partial charge on any atom is 0.427 e. The van der Waals surface area contributed by atoms with E-state index in [9.17, 15) is 18.0 Å². The monoisotopic (exact) mass is 517 g/mol. The maximum absolute atomic E-state index is 13.2. The molecule has 3 heterocycles. The number of piperazine rings is 1. The van der Waals surface area contributed by atoms with Gasteiger partial charge in [0, 0.05) is 37.9 Å². The highest BCUT2D eigenvalue weighted by Gasteiger charge is 2.51. The van der Waals surface area contributed by atoms with Gasteiger partial charge in [0.1, 0.15) is 23.5 Å². The Morgan fingerprint density at radius 1 is 1.14 bits per heavy atom. The van der Waals surface area contributed by atoms with Crippen molar-refractivity contribution in [1.29, 1.82) is 0 Å². The molecule has 0 spiro atoms. The smallest absolute Gasteiger partial charge is 0.427 e. The lowest BCUT2D eigenvalue weighted by atomic mass is 10.1. The zero-order valence-corrected chi connectivity index (χ0v) is 21.2. The molecule has 1 aliphatic heterocycles. The lowest BCUT2D eigenvalue weighted by molar-refractivity contribution is -0.246. The highest BCUT2D eigenvalue weighted by Crippen LogP contribution is 2.46. The summed E-state index contributed by atoms with van der Waals surface area (Å²) in [6, 6.07) is 7.57. The SMILES string of the molecule is COc1cccc(-n2cc(C3CC3)c3c(N4CCN(C(=O)OC(C)(C)C(F)(F)F)C[C@@H]4C)ncnc32)c1. The molecule has 2 fully saturated rings. The number of methoxy groups -OCH3 is 1. The van der Waals surface area contributed by atoms with Gasteiger partial charge in [-0.2, -0.15) is 13.2 Å². The van der Waals surface area contributed by atoms with Crippen LogP contribution in [0.4, 0.5) is 23.8 Å². The number of benzene rings is 1. The van der Waals surface area contributed by atoms with Crippen LogP contribution in [0, 0.1) is 0 Å². The molecule has 1 saturated heterocycles. The lowest BCUT2D eigenvalue weighted by Crippen LogP contribution is -2.56. The Bertz CT molecular complexity index is 1320. The van der Waals surface area contributed by atoms with Crippen LogP contribution < -0.4 is 9.64 Å². The number of alkyl halides is 3. The average molecular weight is 518 g/mol. The molecule has 2 aliphatic rings. The van der Waals surface area contributed by atoms with E-state index in [4.69, 9.17) is 9.47 Å². The molecule has 11 heteroatoms. The average Bonchev–Trinajstić information content (AvgIpc) is 3.62. The zero-order valence-electron chi connectivity index (χ0n) is 21.2. The largest absolute Gasteiger partial charge is 0.497 e.